The Balaban J connectivity index is 1.76. The Morgan fingerprint density at radius 1 is 0.912 bits per heavy atom. The fourth-order valence-electron chi connectivity index (χ4n) is 5.04. The molecule has 0 bridgehead atoms. The summed E-state index contributed by atoms with van der Waals surface area (Å²) in [7, 11) is 1.40. The summed E-state index contributed by atoms with van der Waals surface area (Å²) in [5, 5.41) is 3.67. The first kappa shape index (κ1) is 22.9. The minimum atomic E-state index is -0.344. The number of anilines is 2. The molecule has 0 saturated heterocycles. The van der Waals surface area contributed by atoms with E-state index < -0.39 is 0 Å². The highest BCUT2D eigenvalue weighted by atomic mass is 79.9. The monoisotopic (exact) mass is 516 g/mol. The van der Waals surface area contributed by atoms with Gasteiger partial charge in [0.1, 0.15) is 0 Å². The van der Waals surface area contributed by atoms with Crippen molar-refractivity contribution in [2.45, 2.75) is 51.4 Å². The maximum absolute atomic E-state index is 12.0. The third kappa shape index (κ3) is 3.86. The van der Waals surface area contributed by atoms with Gasteiger partial charge in [-0.25, -0.2) is 9.79 Å². The third-order valence-electron chi connectivity index (χ3n) is 7.29. The molecule has 0 atom stereocenters. The van der Waals surface area contributed by atoms with Gasteiger partial charge in [-0.15, -0.1) is 0 Å². The Morgan fingerprint density at radius 3 is 2.21 bits per heavy atom. The van der Waals surface area contributed by atoms with Crippen LogP contribution in [0.4, 0.5) is 17.1 Å². The average molecular weight is 517 g/mol. The van der Waals surface area contributed by atoms with Crippen LogP contribution in [-0.4, -0.2) is 18.8 Å². The second-order valence-electron chi connectivity index (χ2n) is 10.5. The summed E-state index contributed by atoms with van der Waals surface area (Å²) in [6, 6.07) is 18.3. The molecule has 1 aliphatic carbocycles. The topological polar surface area (TPSA) is 50.7 Å². The molecule has 3 aromatic carbocycles. The van der Waals surface area contributed by atoms with E-state index in [1.54, 1.807) is 12.1 Å². The fraction of sp³-hybridized carbons (Fsp3) is 0.310. The van der Waals surface area contributed by atoms with Crippen LogP contribution in [0.15, 0.2) is 64.1 Å². The Bertz CT molecular complexity index is 1340. The first-order chi connectivity index (χ1) is 16.1. The number of esters is 1. The number of nitrogens with zero attached hydrogens (tertiary/aromatic N) is 1. The van der Waals surface area contributed by atoms with Crippen molar-refractivity contribution >= 4 is 44.7 Å². The predicted molar refractivity (Wildman–Crippen MR) is 142 cm³/mol. The minimum Gasteiger partial charge on any atom is -0.465 e. The van der Waals surface area contributed by atoms with Crippen LogP contribution in [0.3, 0.4) is 0 Å². The highest BCUT2D eigenvalue weighted by Gasteiger charge is 2.38. The maximum atomic E-state index is 12.0. The van der Waals surface area contributed by atoms with Crippen LogP contribution in [0.2, 0.25) is 0 Å². The summed E-state index contributed by atoms with van der Waals surface area (Å²) < 4.78 is 5.85. The Morgan fingerprint density at radius 2 is 1.56 bits per heavy atom. The first-order valence-electron chi connectivity index (χ1n) is 11.6. The van der Waals surface area contributed by atoms with E-state index in [4.69, 9.17) is 9.73 Å². The Hall–Kier alpha value is -2.92. The van der Waals surface area contributed by atoms with Crippen molar-refractivity contribution in [1.29, 1.82) is 0 Å². The molecule has 1 N–H and O–H groups in total. The number of benzene rings is 3. The minimum absolute atomic E-state index is 0.0852. The van der Waals surface area contributed by atoms with Crippen molar-refractivity contribution in [3.8, 4) is 0 Å². The van der Waals surface area contributed by atoms with E-state index in [1.807, 2.05) is 24.3 Å². The highest BCUT2D eigenvalue weighted by molar-refractivity contribution is 9.10. The molecule has 1 heterocycles. The second kappa shape index (κ2) is 8.09. The summed E-state index contributed by atoms with van der Waals surface area (Å²) in [6.45, 7) is 9.36. The van der Waals surface area contributed by atoms with E-state index in [0.29, 0.717) is 5.56 Å². The van der Waals surface area contributed by atoms with Gasteiger partial charge in [0, 0.05) is 21.3 Å². The van der Waals surface area contributed by atoms with Gasteiger partial charge in [-0.05, 0) is 77.3 Å². The van der Waals surface area contributed by atoms with Gasteiger partial charge < -0.3 is 10.1 Å². The molecule has 0 radical (unpaired) electrons. The summed E-state index contributed by atoms with van der Waals surface area (Å²) >= 11 is 3.60. The van der Waals surface area contributed by atoms with Gasteiger partial charge in [-0.1, -0.05) is 55.8 Å². The third-order valence-corrected chi connectivity index (χ3v) is 7.78. The predicted octanol–water partition coefficient (Wildman–Crippen LogP) is 7.81. The van der Waals surface area contributed by atoms with Crippen molar-refractivity contribution in [1.82, 2.24) is 0 Å². The number of ether oxygens (including phenoxy) is 1. The van der Waals surface area contributed by atoms with Crippen LogP contribution in [0.5, 0.6) is 0 Å². The summed E-state index contributed by atoms with van der Waals surface area (Å²) in [4.78, 5) is 17.1. The van der Waals surface area contributed by atoms with Gasteiger partial charge in [-0.2, -0.15) is 0 Å². The molecule has 5 rings (SSSR count). The highest BCUT2D eigenvalue weighted by Crippen LogP contribution is 2.49. The number of fused-ring (bicyclic) bond motifs is 3. The van der Waals surface area contributed by atoms with Gasteiger partial charge in [-0.3, -0.25) is 0 Å². The quantitative estimate of drug-likeness (QED) is 0.276. The zero-order chi connectivity index (χ0) is 24.3. The van der Waals surface area contributed by atoms with Crippen LogP contribution in [0.25, 0.3) is 0 Å². The molecule has 1 aliphatic heterocycles. The van der Waals surface area contributed by atoms with E-state index in [-0.39, 0.29) is 16.8 Å². The lowest BCUT2D eigenvalue weighted by molar-refractivity contribution is 0.0600. The van der Waals surface area contributed by atoms with Crippen molar-refractivity contribution < 1.29 is 9.53 Å². The maximum Gasteiger partial charge on any atom is 0.337 e. The van der Waals surface area contributed by atoms with Crippen molar-refractivity contribution in [3.63, 3.8) is 0 Å². The standard InChI is InChI=1S/C29H29BrN2O2/c1-28(2)12-13-29(3,4)22-16-24-20(15-21(22)28)26(17-6-8-18(9-7-17)27(33)34-5)32-25-14-19(30)10-11-23(25)31-24/h6-11,14-16,31H,12-13H2,1-5H3. The smallest absolute Gasteiger partial charge is 0.337 e. The number of nitrogens with one attached hydrogen (secondary N) is 1. The molecule has 0 unspecified atom stereocenters. The zero-order valence-electron chi connectivity index (χ0n) is 20.3. The van der Waals surface area contributed by atoms with Gasteiger partial charge in [0.05, 0.1) is 29.8 Å². The van der Waals surface area contributed by atoms with E-state index in [1.165, 1.54) is 18.2 Å². The van der Waals surface area contributed by atoms with E-state index in [2.05, 4.69) is 67.1 Å². The van der Waals surface area contributed by atoms with Crippen LogP contribution in [0.1, 0.15) is 73.1 Å². The van der Waals surface area contributed by atoms with Crippen LogP contribution < -0.4 is 5.32 Å². The molecular weight excluding hydrogens is 488 g/mol. The van der Waals surface area contributed by atoms with Crippen LogP contribution in [0, 0.1) is 0 Å². The molecule has 4 nitrogen and oxygen atoms in total. The number of hydrogen-bond acceptors (Lipinski definition) is 4. The van der Waals surface area contributed by atoms with Crippen LogP contribution in [-0.2, 0) is 15.6 Å². The van der Waals surface area contributed by atoms with E-state index in [0.717, 1.165) is 51.2 Å². The number of methoxy groups -OCH3 is 1. The van der Waals surface area contributed by atoms with Crippen molar-refractivity contribution in [2.24, 2.45) is 4.99 Å². The zero-order valence-corrected chi connectivity index (χ0v) is 21.8. The Labute approximate surface area is 209 Å². The lowest BCUT2D eigenvalue weighted by Gasteiger charge is -2.42. The molecule has 174 valence electrons. The van der Waals surface area contributed by atoms with Crippen molar-refractivity contribution in [2.75, 3.05) is 12.4 Å². The number of carbonyl (C=O) groups excluding carboxylic acids is 1. The van der Waals surface area contributed by atoms with Crippen molar-refractivity contribution in [3.05, 3.63) is 86.9 Å². The van der Waals surface area contributed by atoms with Gasteiger partial charge >= 0.3 is 5.97 Å². The SMILES string of the molecule is COC(=O)c1ccc(C2=Nc3cc(Br)ccc3Nc3cc4c(cc32)C(C)(C)CCC4(C)C)cc1. The second-order valence-corrected chi connectivity index (χ2v) is 11.4. The summed E-state index contributed by atoms with van der Waals surface area (Å²) in [5.74, 6) is -0.344. The molecule has 5 heteroatoms. The normalized spacial score (nSPS) is 17.3. The largest absolute Gasteiger partial charge is 0.465 e. The molecule has 2 aliphatic rings. The summed E-state index contributed by atoms with van der Waals surface area (Å²) in [6.07, 6.45) is 2.30. The van der Waals surface area contributed by atoms with Crippen LogP contribution >= 0.6 is 15.9 Å². The van der Waals surface area contributed by atoms with Gasteiger partial charge in [0.15, 0.2) is 0 Å². The lowest BCUT2D eigenvalue weighted by atomic mass is 9.62. The number of aliphatic imine (C=N–C) groups is 1. The van der Waals surface area contributed by atoms with Gasteiger partial charge in [0.25, 0.3) is 0 Å². The lowest BCUT2D eigenvalue weighted by Crippen LogP contribution is -2.34. The molecule has 0 fully saturated rings. The number of halogens is 1. The molecular formula is C29H29BrN2O2. The average Bonchev–Trinajstić information content (AvgIpc) is 2.97. The number of rotatable bonds is 2. The van der Waals surface area contributed by atoms with E-state index >= 15 is 0 Å². The van der Waals surface area contributed by atoms with Gasteiger partial charge in [0.2, 0.25) is 0 Å². The molecule has 0 saturated carbocycles. The summed E-state index contributed by atoms with van der Waals surface area (Å²) in [5.41, 5.74) is 9.31. The first-order valence-corrected chi connectivity index (χ1v) is 12.4. The molecule has 3 aromatic rings. The molecule has 0 aromatic heterocycles. The fourth-order valence-corrected chi connectivity index (χ4v) is 5.39. The number of carbonyl (C=O) groups is 1. The molecule has 0 amide bonds. The Kier molecular flexibility index (Phi) is 5.44. The molecule has 34 heavy (non-hydrogen) atoms. The number of hydrogen-bond donors (Lipinski definition) is 1. The molecule has 0 spiro atoms. The van der Waals surface area contributed by atoms with E-state index in [9.17, 15) is 4.79 Å².